The molecule has 0 aliphatic heterocycles. The Bertz CT molecular complexity index is 1690. The highest BCUT2D eigenvalue weighted by Crippen LogP contribution is 2.46. The summed E-state index contributed by atoms with van der Waals surface area (Å²) in [6.07, 6.45) is 9.14. The van der Waals surface area contributed by atoms with E-state index in [1.54, 1.807) is 0 Å². The van der Waals surface area contributed by atoms with Crippen LogP contribution in [0.4, 0.5) is 0 Å². The first kappa shape index (κ1) is 15.3. The zero-order valence-electron chi connectivity index (χ0n) is 16.6. The van der Waals surface area contributed by atoms with Crippen LogP contribution in [0.1, 0.15) is 28.9 Å². The van der Waals surface area contributed by atoms with Crippen LogP contribution in [0, 0.1) is 0 Å². The molecule has 0 radical (unpaired) electrons. The Balaban J connectivity index is 1.60. The van der Waals surface area contributed by atoms with E-state index in [2.05, 4.69) is 76.1 Å². The van der Waals surface area contributed by atoms with E-state index < -0.39 is 0 Å². The molecule has 3 aromatic heterocycles. The molecular formula is C28H20N2. The minimum Gasteiger partial charge on any atom is -0.361 e. The number of para-hydroxylation sites is 2. The number of nitrogens with zero attached hydrogens (tertiary/aromatic N) is 1. The average molecular weight is 384 g/mol. The summed E-state index contributed by atoms with van der Waals surface area (Å²) in [5.41, 5.74) is 12.8. The van der Waals surface area contributed by atoms with Crippen LogP contribution in [0.2, 0.25) is 0 Å². The van der Waals surface area contributed by atoms with Gasteiger partial charge < -0.3 is 9.38 Å². The first-order valence-electron chi connectivity index (χ1n) is 11.0. The van der Waals surface area contributed by atoms with Crippen LogP contribution in [-0.2, 0) is 19.3 Å². The van der Waals surface area contributed by atoms with Crippen LogP contribution < -0.4 is 0 Å². The van der Waals surface area contributed by atoms with Crippen LogP contribution in [-0.4, -0.2) is 9.38 Å². The summed E-state index contributed by atoms with van der Waals surface area (Å²) >= 11 is 0. The van der Waals surface area contributed by atoms with Crippen molar-refractivity contribution < 1.29 is 0 Å². The van der Waals surface area contributed by atoms with Gasteiger partial charge in [-0.25, -0.2) is 0 Å². The van der Waals surface area contributed by atoms with Crippen LogP contribution >= 0.6 is 0 Å². The van der Waals surface area contributed by atoms with Crippen molar-refractivity contribution in [1.29, 1.82) is 0 Å². The highest BCUT2D eigenvalue weighted by Gasteiger charge is 2.28. The Hall–Kier alpha value is -3.52. The first-order valence-corrected chi connectivity index (χ1v) is 11.0. The van der Waals surface area contributed by atoms with E-state index in [1.165, 1.54) is 71.7 Å². The van der Waals surface area contributed by atoms with Crippen molar-refractivity contribution in [1.82, 2.24) is 9.38 Å². The van der Waals surface area contributed by atoms with E-state index in [4.69, 9.17) is 0 Å². The van der Waals surface area contributed by atoms with Gasteiger partial charge in [-0.1, -0.05) is 60.7 Å². The van der Waals surface area contributed by atoms with Crippen LogP contribution in [0.15, 0.2) is 60.7 Å². The third-order valence-corrected chi connectivity index (χ3v) is 7.43. The number of nitrogens with one attached hydrogen (secondary N) is 1. The van der Waals surface area contributed by atoms with Gasteiger partial charge in [-0.2, -0.15) is 0 Å². The fourth-order valence-electron chi connectivity index (χ4n) is 6.25. The van der Waals surface area contributed by atoms with Gasteiger partial charge in [0.05, 0.1) is 16.6 Å². The topological polar surface area (TPSA) is 20.2 Å². The Morgan fingerprint density at radius 2 is 1.53 bits per heavy atom. The van der Waals surface area contributed by atoms with Crippen LogP contribution in [0.5, 0.6) is 0 Å². The highest BCUT2D eigenvalue weighted by atomic mass is 14.9. The Kier molecular flexibility index (Phi) is 2.63. The summed E-state index contributed by atoms with van der Waals surface area (Å²) in [6, 6.07) is 20.4. The van der Waals surface area contributed by atoms with Gasteiger partial charge in [-0.3, -0.25) is 0 Å². The summed E-state index contributed by atoms with van der Waals surface area (Å²) in [4.78, 5) is 3.77. The monoisotopic (exact) mass is 384 g/mol. The van der Waals surface area contributed by atoms with Gasteiger partial charge in [0.2, 0.25) is 0 Å². The molecule has 1 N–H and O–H groups in total. The number of aromatic amines is 1. The number of fused-ring (bicyclic) bond motifs is 12. The van der Waals surface area contributed by atoms with Crippen molar-refractivity contribution in [2.24, 2.45) is 0 Å². The summed E-state index contributed by atoms with van der Waals surface area (Å²) in [7, 11) is 0. The number of allylic oxidation sites excluding steroid dienone is 1. The molecule has 2 aliphatic carbocycles. The fraction of sp³-hybridized carbons (Fsp3) is 0.143. The molecule has 0 saturated heterocycles. The van der Waals surface area contributed by atoms with E-state index in [-0.39, 0.29) is 0 Å². The molecule has 2 aliphatic rings. The molecule has 3 heterocycles. The molecule has 8 rings (SSSR count). The lowest BCUT2D eigenvalue weighted by Crippen LogP contribution is -2.05. The molecule has 0 amide bonds. The summed E-state index contributed by atoms with van der Waals surface area (Å²) in [5.74, 6) is 0. The lowest BCUT2D eigenvalue weighted by atomic mass is 9.85. The number of aryl methyl sites for hydroxylation is 3. The molecule has 0 saturated carbocycles. The van der Waals surface area contributed by atoms with Gasteiger partial charge >= 0.3 is 0 Å². The second-order valence-corrected chi connectivity index (χ2v) is 8.85. The van der Waals surface area contributed by atoms with Crippen molar-refractivity contribution in [3.05, 3.63) is 83.2 Å². The summed E-state index contributed by atoms with van der Waals surface area (Å²) in [5, 5.41) is 5.49. The lowest BCUT2D eigenvalue weighted by molar-refractivity contribution is 0.884. The standard InChI is InChI=1S/C28H20N2/c1-3-10-23-22(7-1)26-17-12-13-21-19-9-5-8-18-16-6-2-4-11-25(16)30(27(18)19)28(21)20(17)14-15-24(26)29-23/h1-2,4-9,11-13,29H,3,10,14-15H2. The second-order valence-electron chi connectivity index (χ2n) is 8.85. The van der Waals surface area contributed by atoms with E-state index >= 15 is 0 Å². The molecule has 2 nitrogen and oxygen atoms in total. The van der Waals surface area contributed by atoms with Gasteiger partial charge in [-0.15, -0.1) is 0 Å². The smallest absolute Gasteiger partial charge is 0.0620 e. The molecule has 0 spiro atoms. The first-order chi connectivity index (χ1) is 14.9. The Morgan fingerprint density at radius 1 is 0.700 bits per heavy atom. The maximum absolute atomic E-state index is 3.77. The van der Waals surface area contributed by atoms with Crippen molar-refractivity contribution >= 4 is 44.2 Å². The van der Waals surface area contributed by atoms with Crippen LogP contribution in [0.3, 0.4) is 0 Å². The molecule has 0 fully saturated rings. The fourth-order valence-corrected chi connectivity index (χ4v) is 6.25. The average Bonchev–Trinajstić information content (AvgIpc) is 3.45. The number of rotatable bonds is 0. The zero-order valence-corrected chi connectivity index (χ0v) is 16.6. The molecule has 0 atom stereocenters. The normalized spacial score (nSPS) is 15.3. The maximum atomic E-state index is 3.77. The highest BCUT2D eigenvalue weighted by molar-refractivity contribution is 6.24. The summed E-state index contributed by atoms with van der Waals surface area (Å²) in [6.45, 7) is 0. The van der Waals surface area contributed by atoms with E-state index in [0.29, 0.717) is 0 Å². The predicted molar refractivity (Wildman–Crippen MR) is 126 cm³/mol. The van der Waals surface area contributed by atoms with E-state index in [9.17, 15) is 0 Å². The van der Waals surface area contributed by atoms with Gasteiger partial charge in [0, 0.05) is 44.1 Å². The van der Waals surface area contributed by atoms with Gasteiger partial charge in [-0.05, 0) is 42.9 Å². The molecule has 30 heavy (non-hydrogen) atoms. The minimum atomic E-state index is 1.09. The van der Waals surface area contributed by atoms with Crippen molar-refractivity contribution in [3.63, 3.8) is 0 Å². The molecule has 142 valence electrons. The van der Waals surface area contributed by atoms with E-state index in [1.807, 2.05) is 0 Å². The van der Waals surface area contributed by atoms with Gasteiger partial charge in [0.15, 0.2) is 0 Å². The van der Waals surface area contributed by atoms with Crippen molar-refractivity contribution in [3.8, 4) is 11.1 Å². The van der Waals surface area contributed by atoms with Crippen LogP contribution in [0.25, 0.3) is 55.3 Å². The Labute approximate surface area is 173 Å². The third-order valence-electron chi connectivity index (χ3n) is 7.43. The molecule has 0 unspecified atom stereocenters. The Morgan fingerprint density at radius 3 is 2.50 bits per heavy atom. The quantitative estimate of drug-likeness (QED) is 0.294. The number of hydrogen-bond donors (Lipinski definition) is 1. The SMILES string of the molecule is C1=Cc2c([nH]c3c2-c2ccc4c5cccc6c7ccccc7n(c4c2CC3)c65)CC1. The number of H-pyrrole nitrogens is 1. The van der Waals surface area contributed by atoms with E-state index in [0.717, 1.165) is 25.7 Å². The van der Waals surface area contributed by atoms with Crippen molar-refractivity contribution in [2.75, 3.05) is 0 Å². The number of hydrogen-bond acceptors (Lipinski definition) is 0. The number of benzene rings is 3. The maximum Gasteiger partial charge on any atom is 0.0620 e. The largest absolute Gasteiger partial charge is 0.361 e. The zero-order chi connectivity index (χ0) is 19.4. The second kappa shape index (κ2) is 5.14. The molecule has 3 aromatic carbocycles. The van der Waals surface area contributed by atoms with Crippen molar-refractivity contribution in [2.45, 2.75) is 25.7 Å². The van der Waals surface area contributed by atoms with Gasteiger partial charge in [0.25, 0.3) is 0 Å². The molecule has 2 heteroatoms. The van der Waals surface area contributed by atoms with Gasteiger partial charge in [0.1, 0.15) is 0 Å². The minimum absolute atomic E-state index is 1.09. The lowest BCUT2D eigenvalue weighted by Gasteiger charge is -2.19. The third kappa shape index (κ3) is 1.65. The number of aromatic nitrogens is 2. The molecule has 6 aromatic rings. The molecular weight excluding hydrogens is 364 g/mol. The summed E-state index contributed by atoms with van der Waals surface area (Å²) < 4.78 is 2.55. The molecule has 0 bridgehead atoms. The predicted octanol–water partition coefficient (Wildman–Crippen LogP) is 6.89.